The molecule has 0 unspecified atom stereocenters. The van der Waals surface area contributed by atoms with Crippen LogP contribution in [0.2, 0.25) is 0 Å². The first kappa shape index (κ1) is 17.5. The molecule has 0 aliphatic heterocycles. The van der Waals surface area contributed by atoms with Gasteiger partial charge in [-0.05, 0) is 55.0 Å². The van der Waals surface area contributed by atoms with Crippen molar-refractivity contribution in [2.75, 3.05) is 0 Å². The largest absolute Gasteiger partial charge is 0.444 e. The second kappa shape index (κ2) is 7.36. The molecule has 0 spiro atoms. The molecule has 136 valence electrons. The van der Waals surface area contributed by atoms with Crippen molar-refractivity contribution in [3.05, 3.63) is 71.1 Å². The van der Waals surface area contributed by atoms with Crippen molar-refractivity contribution in [3.8, 4) is 17.1 Å². The van der Waals surface area contributed by atoms with Gasteiger partial charge in [0.2, 0.25) is 11.0 Å². The fourth-order valence-electron chi connectivity index (χ4n) is 2.80. The Morgan fingerprint density at radius 3 is 2.56 bits per heavy atom. The van der Waals surface area contributed by atoms with Crippen LogP contribution in [0.25, 0.3) is 17.1 Å². The van der Waals surface area contributed by atoms with E-state index >= 15 is 0 Å². The fraction of sp³-hybridized carbons (Fsp3) is 0.200. The van der Waals surface area contributed by atoms with Crippen molar-refractivity contribution >= 4 is 11.8 Å². The highest BCUT2D eigenvalue weighted by molar-refractivity contribution is 7.98. The van der Waals surface area contributed by atoms with Gasteiger partial charge in [-0.2, -0.15) is 4.68 Å². The lowest BCUT2D eigenvalue weighted by atomic mass is 10.1. The molecular formula is C20H19N5OS. The van der Waals surface area contributed by atoms with E-state index in [0.717, 1.165) is 27.7 Å². The van der Waals surface area contributed by atoms with Gasteiger partial charge in [0.1, 0.15) is 6.26 Å². The summed E-state index contributed by atoms with van der Waals surface area (Å²) in [5.74, 6) is 1.25. The summed E-state index contributed by atoms with van der Waals surface area (Å²) in [4.78, 5) is 4.58. The number of hydrogen-bond acceptors (Lipinski definition) is 6. The molecule has 2 heterocycles. The highest BCUT2D eigenvalue weighted by Gasteiger charge is 2.13. The van der Waals surface area contributed by atoms with E-state index in [1.165, 1.54) is 22.9 Å². The first-order valence-corrected chi connectivity index (χ1v) is 9.59. The Labute approximate surface area is 161 Å². The standard InChI is InChI=1S/C20H19N5OS/c1-13-4-7-16(8-5-13)19-21-17(11-26-19)12-27-20-22-23-24-25(20)18-9-6-14(2)10-15(18)3/h4-11H,12H2,1-3H3. The van der Waals surface area contributed by atoms with Gasteiger partial charge in [-0.25, -0.2) is 4.98 Å². The van der Waals surface area contributed by atoms with Crippen LogP contribution >= 0.6 is 11.8 Å². The smallest absolute Gasteiger partial charge is 0.226 e. The first-order chi connectivity index (χ1) is 13.1. The first-order valence-electron chi connectivity index (χ1n) is 8.60. The minimum Gasteiger partial charge on any atom is -0.444 e. The zero-order valence-electron chi connectivity index (χ0n) is 15.4. The van der Waals surface area contributed by atoms with Crippen LogP contribution in [0.5, 0.6) is 0 Å². The fourth-order valence-corrected chi connectivity index (χ4v) is 3.56. The van der Waals surface area contributed by atoms with Crippen LogP contribution in [0.3, 0.4) is 0 Å². The normalized spacial score (nSPS) is 11.1. The van der Waals surface area contributed by atoms with Crippen molar-refractivity contribution in [1.82, 2.24) is 25.2 Å². The average Bonchev–Trinajstić information content (AvgIpc) is 3.30. The minimum atomic E-state index is 0.625. The molecule has 0 radical (unpaired) electrons. The van der Waals surface area contributed by atoms with Crippen LogP contribution in [0.4, 0.5) is 0 Å². The molecule has 0 aliphatic rings. The summed E-state index contributed by atoms with van der Waals surface area (Å²) in [6.07, 6.45) is 1.69. The Hall–Kier alpha value is -2.93. The van der Waals surface area contributed by atoms with Crippen LogP contribution in [0.1, 0.15) is 22.4 Å². The van der Waals surface area contributed by atoms with Crippen LogP contribution < -0.4 is 0 Å². The second-order valence-corrected chi connectivity index (χ2v) is 7.40. The molecule has 0 atom stereocenters. The third-order valence-corrected chi connectivity index (χ3v) is 5.17. The van der Waals surface area contributed by atoms with Gasteiger partial charge in [-0.15, -0.1) is 5.10 Å². The van der Waals surface area contributed by atoms with Crippen LogP contribution in [0, 0.1) is 20.8 Å². The van der Waals surface area contributed by atoms with E-state index in [-0.39, 0.29) is 0 Å². The topological polar surface area (TPSA) is 69.6 Å². The van der Waals surface area contributed by atoms with Gasteiger partial charge in [-0.3, -0.25) is 0 Å². The van der Waals surface area contributed by atoms with E-state index < -0.39 is 0 Å². The molecule has 4 aromatic rings. The molecule has 0 N–H and O–H groups in total. The molecule has 27 heavy (non-hydrogen) atoms. The average molecular weight is 377 g/mol. The predicted octanol–water partition coefficient (Wildman–Crippen LogP) is 4.53. The molecule has 0 aliphatic carbocycles. The number of tetrazole rings is 1. The maximum Gasteiger partial charge on any atom is 0.226 e. The molecule has 0 amide bonds. The zero-order chi connectivity index (χ0) is 18.8. The molecular weight excluding hydrogens is 358 g/mol. The summed E-state index contributed by atoms with van der Waals surface area (Å²) >= 11 is 1.53. The van der Waals surface area contributed by atoms with Crippen molar-refractivity contribution in [2.45, 2.75) is 31.7 Å². The van der Waals surface area contributed by atoms with Crippen molar-refractivity contribution in [3.63, 3.8) is 0 Å². The Balaban J connectivity index is 1.50. The molecule has 2 aromatic carbocycles. The number of hydrogen-bond donors (Lipinski definition) is 0. The van der Waals surface area contributed by atoms with Crippen molar-refractivity contribution < 1.29 is 4.42 Å². The van der Waals surface area contributed by atoms with Gasteiger partial charge in [0.25, 0.3) is 0 Å². The van der Waals surface area contributed by atoms with Crippen LogP contribution in [-0.4, -0.2) is 25.2 Å². The SMILES string of the molecule is Cc1ccc(-c2nc(CSc3nnnn3-c3ccc(C)cc3C)co2)cc1. The summed E-state index contributed by atoms with van der Waals surface area (Å²) < 4.78 is 7.39. The highest BCUT2D eigenvalue weighted by Crippen LogP contribution is 2.26. The van der Waals surface area contributed by atoms with E-state index in [2.05, 4.69) is 53.4 Å². The van der Waals surface area contributed by atoms with Gasteiger partial charge >= 0.3 is 0 Å². The summed E-state index contributed by atoms with van der Waals surface area (Å²) in [7, 11) is 0. The van der Waals surface area contributed by atoms with Gasteiger partial charge in [-0.1, -0.05) is 47.2 Å². The maximum atomic E-state index is 5.62. The quantitative estimate of drug-likeness (QED) is 0.476. The van der Waals surface area contributed by atoms with Crippen molar-refractivity contribution in [1.29, 1.82) is 0 Å². The molecule has 0 bridgehead atoms. The Kier molecular flexibility index (Phi) is 4.77. The Morgan fingerprint density at radius 1 is 1.00 bits per heavy atom. The molecule has 4 rings (SSSR count). The zero-order valence-corrected chi connectivity index (χ0v) is 16.2. The Morgan fingerprint density at radius 2 is 1.78 bits per heavy atom. The van der Waals surface area contributed by atoms with Crippen LogP contribution in [-0.2, 0) is 5.75 Å². The lowest BCUT2D eigenvalue weighted by molar-refractivity contribution is 0.573. The Bertz CT molecular complexity index is 1070. The summed E-state index contributed by atoms with van der Waals surface area (Å²) in [6, 6.07) is 14.3. The van der Waals surface area contributed by atoms with E-state index in [1.54, 1.807) is 10.9 Å². The highest BCUT2D eigenvalue weighted by atomic mass is 32.2. The molecule has 2 aromatic heterocycles. The van der Waals surface area contributed by atoms with Gasteiger partial charge in [0.15, 0.2) is 0 Å². The predicted molar refractivity (Wildman–Crippen MR) is 105 cm³/mol. The number of aryl methyl sites for hydroxylation is 3. The number of thioether (sulfide) groups is 1. The summed E-state index contributed by atoms with van der Waals surface area (Å²) in [5, 5.41) is 12.9. The molecule has 7 heteroatoms. The third kappa shape index (κ3) is 3.78. The minimum absolute atomic E-state index is 0.625. The molecule has 0 fully saturated rings. The second-order valence-electron chi connectivity index (χ2n) is 6.46. The van der Waals surface area contributed by atoms with Crippen LogP contribution in [0.15, 0.2) is 58.3 Å². The van der Waals surface area contributed by atoms with E-state index in [9.17, 15) is 0 Å². The molecule has 0 saturated carbocycles. The lowest BCUT2D eigenvalue weighted by Crippen LogP contribution is -2.02. The maximum absolute atomic E-state index is 5.62. The summed E-state index contributed by atoms with van der Waals surface area (Å²) in [6.45, 7) is 6.19. The van der Waals surface area contributed by atoms with Gasteiger partial charge < -0.3 is 4.42 Å². The van der Waals surface area contributed by atoms with E-state index in [0.29, 0.717) is 11.6 Å². The molecule has 0 saturated heterocycles. The molecule has 6 nitrogen and oxygen atoms in total. The number of oxazole rings is 1. The van der Waals surface area contributed by atoms with E-state index in [1.807, 2.05) is 30.3 Å². The van der Waals surface area contributed by atoms with Crippen molar-refractivity contribution in [2.24, 2.45) is 0 Å². The number of rotatable bonds is 5. The summed E-state index contributed by atoms with van der Waals surface area (Å²) in [5.41, 5.74) is 6.35. The third-order valence-electron chi connectivity index (χ3n) is 4.22. The van der Waals surface area contributed by atoms with Gasteiger partial charge in [0, 0.05) is 11.3 Å². The number of nitrogens with zero attached hydrogens (tertiary/aromatic N) is 5. The number of benzene rings is 2. The van der Waals surface area contributed by atoms with E-state index in [4.69, 9.17) is 4.42 Å². The number of aromatic nitrogens is 5. The van der Waals surface area contributed by atoms with Gasteiger partial charge in [0.05, 0.1) is 11.4 Å². The lowest BCUT2D eigenvalue weighted by Gasteiger charge is -2.07. The monoisotopic (exact) mass is 377 g/mol.